The van der Waals surface area contributed by atoms with Gasteiger partial charge in [-0.3, -0.25) is 9.59 Å². The van der Waals surface area contributed by atoms with Crippen LogP contribution >= 0.6 is 0 Å². The molecule has 1 rings (SSSR count). The van der Waals surface area contributed by atoms with Gasteiger partial charge in [0.05, 0.1) is 5.92 Å². The summed E-state index contributed by atoms with van der Waals surface area (Å²) in [7, 11) is 3.87. The Balaban J connectivity index is 2.46. The first-order chi connectivity index (χ1) is 7.00. The number of hydrogen-bond donors (Lipinski definition) is 1. The van der Waals surface area contributed by atoms with Crippen molar-refractivity contribution in [3.8, 4) is 0 Å². The van der Waals surface area contributed by atoms with Crippen molar-refractivity contribution in [1.29, 1.82) is 0 Å². The quantitative estimate of drug-likeness (QED) is 0.708. The molecule has 1 N–H and O–H groups in total. The van der Waals surface area contributed by atoms with Gasteiger partial charge in [0.25, 0.3) is 0 Å². The van der Waals surface area contributed by atoms with Crippen molar-refractivity contribution < 1.29 is 14.7 Å². The number of likely N-dealkylation sites (N-methyl/N-ethyl adjacent to an activating group) is 1. The SMILES string of the molecule is CN(C)CCN1CC(C(=O)O)CCC1=O. The number of carboxylic acid groups (broad SMARTS) is 1. The van der Waals surface area contributed by atoms with Gasteiger partial charge in [0.2, 0.25) is 5.91 Å². The van der Waals surface area contributed by atoms with Gasteiger partial charge in [0.15, 0.2) is 0 Å². The third kappa shape index (κ3) is 3.51. The number of likely N-dealkylation sites (tertiary alicyclic amines) is 1. The van der Waals surface area contributed by atoms with Crippen molar-refractivity contribution in [2.75, 3.05) is 33.7 Å². The second kappa shape index (κ2) is 5.11. The number of nitrogens with zero attached hydrogens (tertiary/aromatic N) is 2. The van der Waals surface area contributed by atoms with Gasteiger partial charge in [-0.15, -0.1) is 0 Å². The summed E-state index contributed by atoms with van der Waals surface area (Å²) < 4.78 is 0. The summed E-state index contributed by atoms with van der Waals surface area (Å²) in [5.74, 6) is -1.10. The van der Waals surface area contributed by atoms with E-state index in [1.807, 2.05) is 19.0 Å². The smallest absolute Gasteiger partial charge is 0.308 e. The Morgan fingerprint density at radius 3 is 2.80 bits per heavy atom. The minimum atomic E-state index is -0.794. The van der Waals surface area contributed by atoms with Gasteiger partial charge < -0.3 is 14.9 Å². The van der Waals surface area contributed by atoms with Crippen molar-refractivity contribution in [3.05, 3.63) is 0 Å². The molecule has 1 fully saturated rings. The molecule has 15 heavy (non-hydrogen) atoms. The van der Waals surface area contributed by atoms with Crippen molar-refractivity contribution in [2.45, 2.75) is 12.8 Å². The first kappa shape index (κ1) is 12.0. The highest BCUT2D eigenvalue weighted by Crippen LogP contribution is 2.17. The maximum atomic E-state index is 11.5. The van der Waals surface area contributed by atoms with E-state index in [2.05, 4.69) is 0 Å². The Kier molecular flexibility index (Phi) is 4.08. The lowest BCUT2D eigenvalue weighted by Gasteiger charge is -2.31. The Hall–Kier alpha value is -1.10. The highest BCUT2D eigenvalue weighted by Gasteiger charge is 2.29. The molecule has 0 saturated carbocycles. The maximum Gasteiger partial charge on any atom is 0.308 e. The minimum Gasteiger partial charge on any atom is -0.481 e. The normalized spacial score (nSPS) is 22.2. The third-order valence-electron chi connectivity index (χ3n) is 2.67. The lowest BCUT2D eigenvalue weighted by Crippen LogP contribution is -2.45. The number of hydrogen-bond acceptors (Lipinski definition) is 3. The van der Waals surface area contributed by atoms with Crippen LogP contribution in [0.5, 0.6) is 0 Å². The van der Waals surface area contributed by atoms with Gasteiger partial charge in [-0.1, -0.05) is 0 Å². The van der Waals surface area contributed by atoms with Crippen LogP contribution in [0, 0.1) is 5.92 Å². The summed E-state index contributed by atoms with van der Waals surface area (Å²) in [6.45, 7) is 1.76. The average molecular weight is 214 g/mol. The average Bonchev–Trinajstić information content (AvgIpc) is 2.16. The minimum absolute atomic E-state index is 0.0781. The van der Waals surface area contributed by atoms with Crippen LogP contribution in [-0.2, 0) is 9.59 Å². The van der Waals surface area contributed by atoms with Crippen LogP contribution in [0.2, 0.25) is 0 Å². The van der Waals surface area contributed by atoms with Gasteiger partial charge in [-0.05, 0) is 20.5 Å². The number of carbonyl (C=O) groups excluding carboxylic acids is 1. The van der Waals surface area contributed by atoms with Crippen LogP contribution in [-0.4, -0.2) is 60.5 Å². The third-order valence-corrected chi connectivity index (χ3v) is 2.67. The molecule has 1 atom stereocenters. The van der Waals surface area contributed by atoms with Gasteiger partial charge in [-0.2, -0.15) is 0 Å². The zero-order valence-corrected chi connectivity index (χ0v) is 9.27. The van der Waals surface area contributed by atoms with E-state index in [0.717, 1.165) is 6.54 Å². The first-order valence-corrected chi connectivity index (χ1v) is 5.16. The second-order valence-corrected chi connectivity index (χ2v) is 4.22. The van der Waals surface area contributed by atoms with E-state index < -0.39 is 5.97 Å². The number of amides is 1. The molecule has 1 aliphatic heterocycles. The lowest BCUT2D eigenvalue weighted by molar-refractivity contribution is -0.147. The molecule has 1 aliphatic rings. The Labute approximate surface area is 89.7 Å². The maximum absolute atomic E-state index is 11.5. The molecule has 0 aliphatic carbocycles. The molecule has 1 amide bonds. The van der Waals surface area contributed by atoms with E-state index in [4.69, 9.17) is 5.11 Å². The lowest BCUT2D eigenvalue weighted by atomic mass is 9.98. The van der Waals surface area contributed by atoms with Gasteiger partial charge in [0, 0.05) is 26.1 Å². The molecule has 0 bridgehead atoms. The summed E-state index contributed by atoms with van der Waals surface area (Å²) in [5, 5.41) is 8.87. The predicted octanol–water partition coefficient (Wildman–Crippen LogP) is -0.129. The van der Waals surface area contributed by atoms with Crippen LogP contribution in [0.15, 0.2) is 0 Å². The summed E-state index contributed by atoms with van der Waals surface area (Å²) in [4.78, 5) is 25.9. The number of rotatable bonds is 4. The highest BCUT2D eigenvalue weighted by atomic mass is 16.4. The summed E-state index contributed by atoms with van der Waals surface area (Å²) in [6.07, 6.45) is 0.844. The topological polar surface area (TPSA) is 60.9 Å². The molecule has 0 aromatic carbocycles. The molecule has 1 heterocycles. The summed E-state index contributed by atoms with van der Waals surface area (Å²) in [5.41, 5.74) is 0. The fraction of sp³-hybridized carbons (Fsp3) is 0.800. The van der Waals surface area contributed by atoms with Crippen LogP contribution < -0.4 is 0 Å². The van der Waals surface area contributed by atoms with Crippen LogP contribution in [0.3, 0.4) is 0 Å². The molecule has 1 unspecified atom stereocenters. The van der Waals surface area contributed by atoms with Crippen LogP contribution in [0.1, 0.15) is 12.8 Å². The largest absolute Gasteiger partial charge is 0.481 e. The van der Waals surface area contributed by atoms with E-state index in [1.54, 1.807) is 4.90 Å². The molecule has 0 radical (unpaired) electrons. The van der Waals surface area contributed by atoms with Crippen molar-refractivity contribution >= 4 is 11.9 Å². The van der Waals surface area contributed by atoms with E-state index in [-0.39, 0.29) is 11.8 Å². The second-order valence-electron chi connectivity index (χ2n) is 4.22. The monoisotopic (exact) mass is 214 g/mol. The predicted molar refractivity (Wildman–Crippen MR) is 55.5 cm³/mol. The molecule has 1 saturated heterocycles. The fourth-order valence-electron chi connectivity index (χ4n) is 1.65. The standard InChI is InChI=1S/C10H18N2O3/c1-11(2)5-6-12-7-8(10(14)15)3-4-9(12)13/h8H,3-7H2,1-2H3,(H,14,15). The summed E-state index contributed by atoms with van der Waals surface area (Å²) >= 11 is 0. The molecule has 0 aromatic heterocycles. The zero-order valence-electron chi connectivity index (χ0n) is 9.27. The molecule has 86 valence electrons. The number of aliphatic carboxylic acids is 1. The molecule has 0 aromatic rings. The summed E-state index contributed by atoms with van der Waals surface area (Å²) in [6, 6.07) is 0. The number of carboxylic acids is 1. The van der Waals surface area contributed by atoms with E-state index in [9.17, 15) is 9.59 Å². The Bertz CT molecular complexity index is 253. The molecule has 5 nitrogen and oxygen atoms in total. The van der Waals surface area contributed by atoms with Crippen molar-refractivity contribution in [1.82, 2.24) is 9.80 Å². The molecule has 5 heteroatoms. The fourth-order valence-corrected chi connectivity index (χ4v) is 1.65. The van der Waals surface area contributed by atoms with Gasteiger partial charge >= 0.3 is 5.97 Å². The van der Waals surface area contributed by atoms with E-state index in [0.29, 0.717) is 25.9 Å². The van der Waals surface area contributed by atoms with Gasteiger partial charge in [-0.25, -0.2) is 0 Å². The van der Waals surface area contributed by atoms with E-state index >= 15 is 0 Å². The van der Waals surface area contributed by atoms with Crippen molar-refractivity contribution in [2.24, 2.45) is 5.92 Å². The van der Waals surface area contributed by atoms with Crippen LogP contribution in [0.4, 0.5) is 0 Å². The van der Waals surface area contributed by atoms with E-state index in [1.165, 1.54) is 0 Å². The number of piperidine rings is 1. The van der Waals surface area contributed by atoms with Gasteiger partial charge in [0.1, 0.15) is 0 Å². The van der Waals surface area contributed by atoms with Crippen LogP contribution in [0.25, 0.3) is 0 Å². The molecule has 0 spiro atoms. The highest BCUT2D eigenvalue weighted by molar-refractivity contribution is 5.80. The zero-order chi connectivity index (χ0) is 11.4. The molecular weight excluding hydrogens is 196 g/mol. The number of carbonyl (C=O) groups is 2. The first-order valence-electron chi connectivity index (χ1n) is 5.16. The van der Waals surface area contributed by atoms with Crippen molar-refractivity contribution in [3.63, 3.8) is 0 Å². The Morgan fingerprint density at radius 1 is 1.60 bits per heavy atom. The Morgan fingerprint density at radius 2 is 2.27 bits per heavy atom. The molecular formula is C10H18N2O3.